The van der Waals surface area contributed by atoms with E-state index in [2.05, 4.69) is 4.98 Å². The summed E-state index contributed by atoms with van der Waals surface area (Å²) in [4.78, 5) is 15.5. The molecule has 0 aliphatic carbocycles. The van der Waals surface area contributed by atoms with E-state index >= 15 is 0 Å². The second kappa shape index (κ2) is 5.19. The van der Waals surface area contributed by atoms with E-state index in [1.165, 1.54) is 0 Å². The Labute approximate surface area is 111 Å². The maximum absolute atomic E-state index is 11.3. The van der Waals surface area contributed by atoms with Gasteiger partial charge in [0.05, 0.1) is 5.92 Å². The number of aromatic nitrogens is 1. The zero-order chi connectivity index (χ0) is 13.1. The minimum absolute atomic E-state index is 0.434. The molecule has 0 radical (unpaired) electrons. The monoisotopic (exact) mass is 260 g/mol. The van der Waals surface area contributed by atoms with Crippen LogP contribution in [0.4, 0.5) is 5.69 Å². The lowest BCUT2D eigenvalue weighted by Crippen LogP contribution is -2.06. The predicted octanol–water partition coefficient (Wildman–Crippen LogP) is 2.96. The van der Waals surface area contributed by atoms with Gasteiger partial charge in [0, 0.05) is 22.6 Å². The van der Waals surface area contributed by atoms with Crippen LogP contribution in [0.2, 0.25) is 5.02 Å². The molecule has 2 aromatic rings. The second-order valence-corrected chi connectivity index (χ2v) is 4.56. The summed E-state index contributed by atoms with van der Waals surface area (Å²) in [6, 6.07) is 8.87. The molecule has 3 nitrogen and oxygen atoms in total. The molecule has 1 atom stereocenters. The lowest BCUT2D eigenvalue weighted by Gasteiger charge is -2.14. The zero-order valence-electron chi connectivity index (χ0n) is 9.93. The number of carbonyl (C=O) groups is 1. The van der Waals surface area contributed by atoms with E-state index in [1.807, 2.05) is 19.1 Å². The Hall–Kier alpha value is -1.87. The van der Waals surface area contributed by atoms with Crippen molar-refractivity contribution >= 4 is 23.6 Å². The van der Waals surface area contributed by atoms with Gasteiger partial charge >= 0.3 is 0 Å². The first-order valence-electron chi connectivity index (χ1n) is 5.54. The fraction of sp³-hybridized carbons (Fsp3) is 0.143. The van der Waals surface area contributed by atoms with Crippen molar-refractivity contribution in [3.05, 3.63) is 58.4 Å². The van der Waals surface area contributed by atoms with E-state index in [-0.39, 0.29) is 0 Å². The molecule has 0 aliphatic heterocycles. The highest BCUT2D eigenvalue weighted by Crippen LogP contribution is 2.29. The van der Waals surface area contributed by atoms with Gasteiger partial charge in [0.25, 0.3) is 0 Å². The summed E-state index contributed by atoms with van der Waals surface area (Å²) in [5.41, 5.74) is 8.87. The summed E-state index contributed by atoms with van der Waals surface area (Å²) < 4.78 is 0. The van der Waals surface area contributed by atoms with E-state index in [9.17, 15) is 4.79 Å². The van der Waals surface area contributed by atoms with Crippen LogP contribution in [0.15, 0.2) is 36.5 Å². The minimum Gasteiger partial charge on any atom is -0.398 e. The van der Waals surface area contributed by atoms with E-state index in [1.54, 1.807) is 24.4 Å². The van der Waals surface area contributed by atoms with Gasteiger partial charge in [-0.05, 0) is 42.3 Å². The molecule has 1 unspecified atom stereocenters. The summed E-state index contributed by atoms with van der Waals surface area (Å²) in [5, 5.41) is 0.561. The normalized spacial score (nSPS) is 12.1. The zero-order valence-corrected chi connectivity index (χ0v) is 10.7. The molecular weight excluding hydrogens is 248 g/mol. The summed E-state index contributed by atoms with van der Waals surface area (Å²) in [6.45, 7) is 1.90. The van der Waals surface area contributed by atoms with Gasteiger partial charge in [0.2, 0.25) is 0 Å². The lowest BCUT2D eigenvalue weighted by molar-refractivity contribution is -0.108. The van der Waals surface area contributed by atoms with Crippen LogP contribution >= 0.6 is 11.6 Å². The molecule has 1 heterocycles. The van der Waals surface area contributed by atoms with E-state index < -0.39 is 5.92 Å². The number of nitrogens with two attached hydrogens (primary N) is 1. The molecule has 0 saturated carbocycles. The topological polar surface area (TPSA) is 56.0 Å². The first-order chi connectivity index (χ1) is 8.61. The number of hydrogen-bond acceptors (Lipinski definition) is 3. The van der Waals surface area contributed by atoms with Gasteiger partial charge in [-0.3, -0.25) is 4.98 Å². The number of benzene rings is 1. The van der Waals surface area contributed by atoms with Crippen LogP contribution < -0.4 is 5.73 Å². The highest BCUT2D eigenvalue weighted by molar-refractivity contribution is 6.30. The lowest BCUT2D eigenvalue weighted by atomic mass is 9.92. The Morgan fingerprint density at radius 2 is 2.11 bits per heavy atom. The molecule has 2 rings (SSSR count). The number of nitrogen functional groups attached to an aromatic ring is 1. The average Bonchev–Trinajstić information content (AvgIpc) is 2.37. The van der Waals surface area contributed by atoms with Gasteiger partial charge in [-0.25, -0.2) is 0 Å². The van der Waals surface area contributed by atoms with Crippen molar-refractivity contribution in [3.63, 3.8) is 0 Å². The number of aldehydes is 1. The van der Waals surface area contributed by atoms with Crippen LogP contribution in [0, 0.1) is 6.92 Å². The van der Waals surface area contributed by atoms with E-state index in [0.717, 1.165) is 17.5 Å². The second-order valence-electron chi connectivity index (χ2n) is 4.12. The van der Waals surface area contributed by atoms with Gasteiger partial charge < -0.3 is 10.5 Å². The SMILES string of the molecule is Cc1ccc(C(C=O)c2cc(Cl)ccc2N)cn1. The van der Waals surface area contributed by atoms with Crippen LogP contribution in [-0.2, 0) is 4.79 Å². The number of aryl methyl sites for hydroxylation is 1. The molecule has 0 fully saturated rings. The minimum atomic E-state index is -0.434. The Bertz CT molecular complexity index is 567. The summed E-state index contributed by atoms with van der Waals surface area (Å²) in [6.07, 6.45) is 2.54. The van der Waals surface area contributed by atoms with Crippen LogP contribution in [0.25, 0.3) is 0 Å². The van der Waals surface area contributed by atoms with Gasteiger partial charge in [0.1, 0.15) is 6.29 Å². The smallest absolute Gasteiger partial charge is 0.131 e. The molecule has 2 N–H and O–H groups in total. The molecule has 0 spiro atoms. The number of nitrogens with zero attached hydrogens (tertiary/aromatic N) is 1. The molecule has 1 aromatic carbocycles. The van der Waals surface area contributed by atoms with Gasteiger partial charge in [-0.1, -0.05) is 17.7 Å². The van der Waals surface area contributed by atoms with Crippen LogP contribution in [-0.4, -0.2) is 11.3 Å². The molecule has 0 amide bonds. The quantitative estimate of drug-likeness (QED) is 0.682. The number of halogens is 1. The first-order valence-corrected chi connectivity index (χ1v) is 5.92. The molecule has 0 bridgehead atoms. The van der Waals surface area contributed by atoms with Gasteiger partial charge in [-0.2, -0.15) is 0 Å². The van der Waals surface area contributed by atoms with Crippen molar-refractivity contribution in [3.8, 4) is 0 Å². The van der Waals surface area contributed by atoms with Crippen molar-refractivity contribution in [2.75, 3.05) is 5.73 Å². The molecule has 0 aliphatic rings. The Morgan fingerprint density at radius 1 is 1.33 bits per heavy atom. The Kier molecular flexibility index (Phi) is 3.63. The van der Waals surface area contributed by atoms with E-state index in [4.69, 9.17) is 17.3 Å². The molecular formula is C14H13ClN2O. The van der Waals surface area contributed by atoms with Crippen molar-refractivity contribution in [2.45, 2.75) is 12.8 Å². The standard InChI is InChI=1S/C14H13ClN2O/c1-9-2-3-10(7-17-9)13(8-18)12-6-11(15)4-5-14(12)16/h2-8,13H,16H2,1H3. The van der Waals surface area contributed by atoms with Gasteiger partial charge in [-0.15, -0.1) is 0 Å². The van der Waals surface area contributed by atoms with Crippen molar-refractivity contribution in [1.82, 2.24) is 4.98 Å². The molecule has 18 heavy (non-hydrogen) atoms. The summed E-state index contributed by atoms with van der Waals surface area (Å²) in [5.74, 6) is -0.434. The Morgan fingerprint density at radius 3 is 2.72 bits per heavy atom. The molecule has 1 aromatic heterocycles. The molecule has 0 saturated heterocycles. The third kappa shape index (κ3) is 2.51. The summed E-state index contributed by atoms with van der Waals surface area (Å²) in [7, 11) is 0. The third-order valence-corrected chi connectivity index (χ3v) is 3.05. The largest absolute Gasteiger partial charge is 0.398 e. The first kappa shape index (κ1) is 12.6. The highest BCUT2D eigenvalue weighted by atomic mass is 35.5. The van der Waals surface area contributed by atoms with Crippen molar-refractivity contribution in [1.29, 1.82) is 0 Å². The Balaban J connectivity index is 2.48. The van der Waals surface area contributed by atoms with Crippen molar-refractivity contribution < 1.29 is 4.79 Å². The number of carbonyl (C=O) groups excluding carboxylic acids is 1. The maximum atomic E-state index is 11.3. The summed E-state index contributed by atoms with van der Waals surface area (Å²) >= 11 is 5.94. The molecule has 4 heteroatoms. The fourth-order valence-corrected chi connectivity index (χ4v) is 1.99. The maximum Gasteiger partial charge on any atom is 0.131 e. The van der Waals surface area contributed by atoms with E-state index in [0.29, 0.717) is 16.3 Å². The molecule has 92 valence electrons. The average molecular weight is 261 g/mol. The number of hydrogen-bond donors (Lipinski definition) is 1. The fourth-order valence-electron chi connectivity index (χ4n) is 1.81. The van der Waals surface area contributed by atoms with Crippen LogP contribution in [0.5, 0.6) is 0 Å². The highest BCUT2D eigenvalue weighted by Gasteiger charge is 2.16. The van der Waals surface area contributed by atoms with Crippen LogP contribution in [0.3, 0.4) is 0 Å². The van der Waals surface area contributed by atoms with Crippen molar-refractivity contribution in [2.24, 2.45) is 0 Å². The number of pyridine rings is 1. The third-order valence-electron chi connectivity index (χ3n) is 2.81. The van der Waals surface area contributed by atoms with Gasteiger partial charge in [0.15, 0.2) is 0 Å². The van der Waals surface area contributed by atoms with Crippen LogP contribution in [0.1, 0.15) is 22.7 Å². The number of rotatable bonds is 3. The predicted molar refractivity (Wildman–Crippen MR) is 72.7 cm³/mol. The number of anilines is 1.